The zero-order valence-electron chi connectivity index (χ0n) is 11.1. The summed E-state index contributed by atoms with van der Waals surface area (Å²) in [6.45, 7) is 3.03. The van der Waals surface area contributed by atoms with Gasteiger partial charge in [0.25, 0.3) is 0 Å². The van der Waals surface area contributed by atoms with Crippen LogP contribution in [0.1, 0.15) is 19.8 Å². The van der Waals surface area contributed by atoms with Crippen LogP contribution in [0.15, 0.2) is 17.3 Å². The Hall–Kier alpha value is -1.74. The molecule has 2 rings (SSSR count). The number of carbonyl (C=O) groups is 1. The van der Waals surface area contributed by atoms with Gasteiger partial charge < -0.3 is 10.6 Å². The molecule has 0 bridgehead atoms. The van der Waals surface area contributed by atoms with Gasteiger partial charge in [-0.2, -0.15) is 0 Å². The number of nitrogens with zero attached hydrogens (tertiary/aromatic N) is 2. The van der Waals surface area contributed by atoms with Gasteiger partial charge in [0, 0.05) is 25.6 Å². The Balaban J connectivity index is 2.03. The SMILES string of the molecule is CCCNc1ncc(S(=O)(=O)NC2CNC(=O)C2)cn1. The van der Waals surface area contributed by atoms with Crippen molar-refractivity contribution in [3.05, 3.63) is 12.4 Å². The normalized spacial score (nSPS) is 18.9. The monoisotopic (exact) mass is 299 g/mol. The van der Waals surface area contributed by atoms with Crippen LogP contribution in [-0.4, -0.2) is 43.4 Å². The molecule has 0 aliphatic carbocycles. The Morgan fingerprint density at radius 3 is 2.65 bits per heavy atom. The number of hydrogen-bond donors (Lipinski definition) is 3. The molecule has 1 aliphatic heterocycles. The summed E-state index contributed by atoms with van der Waals surface area (Å²) in [6, 6.07) is -0.426. The Kier molecular flexibility index (Phi) is 4.50. The highest BCUT2D eigenvalue weighted by Gasteiger charge is 2.27. The number of sulfonamides is 1. The molecule has 20 heavy (non-hydrogen) atoms. The van der Waals surface area contributed by atoms with Crippen molar-refractivity contribution in [2.75, 3.05) is 18.4 Å². The highest BCUT2D eigenvalue weighted by atomic mass is 32.2. The number of hydrogen-bond acceptors (Lipinski definition) is 6. The first kappa shape index (κ1) is 14.7. The third-order valence-electron chi connectivity index (χ3n) is 2.77. The summed E-state index contributed by atoms with van der Waals surface area (Å²) in [7, 11) is -3.70. The molecular formula is C11H17N5O3S. The van der Waals surface area contributed by atoms with Crippen molar-refractivity contribution in [2.24, 2.45) is 0 Å². The summed E-state index contributed by atoms with van der Waals surface area (Å²) in [5, 5.41) is 5.53. The third kappa shape index (κ3) is 3.64. The minimum atomic E-state index is -3.70. The van der Waals surface area contributed by atoms with Crippen molar-refractivity contribution in [3.63, 3.8) is 0 Å². The molecule has 8 nitrogen and oxygen atoms in total. The van der Waals surface area contributed by atoms with E-state index < -0.39 is 16.1 Å². The second kappa shape index (κ2) is 6.14. The van der Waals surface area contributed by atoms with Crippen LogP contribution in [0.3, 0.4) is 0 Å². The fraction of sp³-hybridized carbons (Fsp3) is 0.545. The summed E-state index contributed by atoms with van der Waals surface area (Å²) < 4.78 is 26.6. The van der Waals surface area contributed by atoms with Gasteiger partial charge in [-0.05, 0) is 6.42 Å². The molecule has 1 aliphatic rings. The van der Waals surface area contributed by atoms with Crippen LogP contribution in [0.2, 0.25) is 0 Å². The lowest BCUT2D eigenvalue weighted by Gasteiger charge is -2.11. The zero-order valence-corrected chi connectivity index (χ0v) is 11.9. The Morgan fingerprint density at radius 2 is 2.10 bits per heavy atom. The van der Waals surface area contributed by atoms with Crippen LogP contribution in [0.4, 0.5) is 5.95 Å². The first-order valence-corrected chi connectivity index (χ1v) is 7.84. The molecule has 3 N–H and O–H groups in total. The minimum absolute atomic E-state index is 0.0149. The van der Waals surface area contributed by atoms with Gasteiger partial charge in [-0.15, -0.1) is 0 Å². The van der Waals surface area contributed by atoms with Gasteiger partial charge in [-0.3, -0.25) is 4.79 Å². The van der Waals surface area contributed by atoms with E-state index in [0.717, 1.165) is 13.0 Å². The number of amides is 1. The molecule has 0 saturated carbocycles. The molecule has 110 valence electrons. The predicted octanol–water partition coefficient (Wildman–Crippen LogP) is -0.535. The van der Waals surface area contributed by atoms with Crippen LogP contribution in [0.5, 0.6) is 0 Å². The third-order valence-corrected chi connectivity index (χ3v) is 4.25. The van der Waals surface area contributed by atoms with Crippen LogP contribution in [-0.2, 0) is 14.8 Å². The van der Waals surface area contributed by atoms with Gasteiger partial charge in [0.05, 0.1) is 12.4 Å². The number of anilines is 1. The average molecular weight is 299 g/mol. The van der Waals surface area contributed by atoms with E-state index in [9.17, 15) is 13.2 Å². The molecule has 0 radical (unpaired) electrons. The molecule has 1 unspecified atom stereocenters. The maximum absolute atomic E-state index is 12.1. The smallest absolute Gasteiger partial charge is 0.243 e. The van der Waals surface area contributed by atoms with E-state index in [1.54, 1.807) is 0 Å². The highest BCUT2D eigenvalue weighted by molar-refractivity contribution is 7.89. The average Bonchev–Trinajstić information content (AvgIpc) is 2.81. The number of rotatable bonds is 6. The van der Waals surface area contributed by atoms with Crippen molar-refractivity contribution >= 4 is 21.9 Å². The molecule has 1 aromatic rings. The standard InChI is InChI=1S/C11H17N5O3S/c1-2-3-12-11-14-6-9(7-15-11)20(18,19)16-8-4-10(17)13-5-8/h6-8,16H,2-5H2,1H3,(H,13,17)(H,12,14,15). The van der Waals surface area contributed by atoms with Gasteiger partial charge in [0.15, 0.2) is 0 Å². The van der Waals surface area contributed by atoms with Crippen LogP contribution >= 0.6 is 0 Å². The highest BCUT2D eigenvalue weighted by Crippen LogP contribution is 2.10. The number of carbonyl (C=O) groups excluding carboxylic acids is 1. The maximum Gasteiger partial charge on any atom is 0.243 e. The lowest BCUT2D eigenvalue weighted by Crippen LogP contribution is -2.36. The Bertz CT molecular complexity index is 572. The van der Waals surface area contributed by atoms with E-state index >= 15 is 0 Å². The largest absolute Gasteiger partial charge is 0.354 e. The molecule has 1 saturated heterocycles. The molecule has 9 heteroatoms. The first-order valence-electron chi connectivity index (χ1n) is 6.36. The topological polar surface area (TPSA) is 113 Å². The van der Waals surface area contributed by atoms with E-state index in [0.29, 0.717) is 12.5 Å². The molecule has 1 amide bonds. The van der Waals surface area contributed by atoms with Crippen LogP contribution < -0.4 is 15.4 Å². The first-order chi connectivity index (χ1) is 9.51. The van der Waals surface area contributed by atoms with E-state index in [2.05, 4.69) is 25.3 Å². The second-order valence-corrected chi connectivity index (χ2v) is 6.21. The number of nitrogens with one attached hydrogen (secondary N) is 3. The molecule has 1 aromatic heterocycles. The number of aromatic nitrogens is 2. The van der Waals surface area contributed by atoms with Gasteiger partial charge in [-0.1, -0.05) is 6.92 Å². The molecule has 1 atom stereocenters. The zero-order chi connectivity index (χ0) is 14.6. The van der Waals surface area contributed by atoms with Gasteiger partial charge >= 0.3 is 0 Å². The summed E-state index contributed by atoms with van der Waals surface area (Å²) in [5.74, 6) is 0.233. The van der Waals surface area contributed by atoms with Gasteiger partial charge in [0.1, 0.15) is 4.90 Å². The molecule has 1 fully saturated rings. The summed E-state index contributed by atoms with van der Waals surface area (Å²) >= 11 is 0. The van der Waals surface area contributed by atoms with Crippen molar-refractivity contribution in [2.45, 2.75) is 30.7 Å². The van der Waals surface area contributed by atoms with Gasteiger partial charge in [0.2, 0.25) is 21.9 Å². The quantitative estimate of drug-likeness (QED) is 0.650. The van der Waals surface area contributed by atoms with Gasteiger partial charge in [-0.25, -0.2) is 23.1 Å². The molecular weight excluding hydrogens is 282 g/mol. The Labute approximate surface area is 117 Å². The fourth-order valence-corrected chi connectivity index (χ4v) is 2.88. The van der Waals surface area contributed by atoms with Crippen molar-refractivity contribution in [3.8, 4) is 0 Å². The second-order valence-electron chi connectivity index (χ2n) is 4.50. The predicted molar refractivity (Wildman–Crippen MR) is 72.5 cm³/mol. The Morgan fingerprint density at radius 1 is 1.40 bits per heavy atom. The summed E-state index contributed by atoms with van der Waals surface area (Å²) in [5.41, 5.74) is 0. The van der Waals surface area contributed by atoms with Crippen molar-refractivity contribution in [1.29, 1.82) is 0 Å². The lowest BCUT2D eigenvalue weighted by atomic mass is 10.3. The fourth-order valence-electron chi connectivity index (χ4n) is 1.76. The summed E-state index contributed by atoms with van der Waals surface area (Å²) in [6.07, 6.45) is 3.57. The molecule has 0 spiro atoms. The maximum atomic E-state index is 12.1. The van der Waals surface area contributed by atoms with E-state index in [1.807, 2.05) is 6.92 Å². The van der Waals surface area contributed by atoms with E-state index in [-0.39, 0.29) is 17.2 Å². The van der Waals surface area contributed by atoms with Crippen molar-refractivity contribution < 1.29 is 13.2 Å². The van der Waals surface area contributed by atoms with E-state index in [4.69, 9.17) is 0 Å². The summed E-state index contributed by atoms with van der Waals surface area (Å²) in [4.78, 5) is 18.9. The van der Waals surface area contributed by atoms with Crippen LogP contribution in [0, 0.1) is 0 Å². The van der Waals surface area contributed by atoms with Crippen molar-refractivity contribution in [1.82, 2.24) is 20.0 Å². The molecule has 0 aromatic carbocycles. The van der Waals surface area contributed by atoms with E-state index in [1.165, 1.54) is 12.4 Å². The van der Waals surface area contributed by atoms with Crippen LogP contribution in [0.25, 0.3) is 0 Å². The minimum Gasteiger partial charge on any atom is -0.354 e. The molecule has 2 heterocycles. The lowest BCUT2D eigenvalue weighted by molar-refractivity contribution is -0.119.